The van der Waals surface area contributed by atoms with Crippen LogP contribution in [-0.4, -0.2) is 19.1 Å². The summed E-state index contributed by atoms with van der Waals surface area (Å²) in [7, 11) is 0. The van der Waals surface area contributed by atoms with E-state index in [1.165, 1.54) is 3.57 Å². The summed E-state index contributed by atoms with van der Waals surface area (Å²) >= 11 is 9.04. The number of carbonyl (C=O) groups is 1. The van der Waals surface area contributed by atoms with Gasteiger partial charge in [-0.15, -0.1) is 0 Å². The Morgan fingerprint density at radius 1 is 0.960 bits per heavy atom. The first-order valence-corrected chi connectivity index (χ1v) is 12.1. The molecule has 2 aromatic rings. The summed E-state index contributed by atoms with van der Waals surface area (Å²) in [5.41, 5.74) is 1.18. The van der Waals surface area contributed by atoms with Crippen LogP contribution in [0.5, 0.6) is 0 Å². The summed E-state index contributed by atoms with van der Waals surface area (Å²) in [6, 6.07) is 12.3. The summed E-state index contributed by atoms with van der Waals surface area (Å²) in [5.74, 6) is -0.235. The molecule has 1 saturated heterocycles. The van der Waals surface area contributed by atoms with Gasteiger partial charge in [0.05, 0.1) is 5.56 Å². The van der Waals surface area contributed by atoms with Crippen molar-refractivity contribution in [2.45, 2.75) is 18.4 Å². The number of esters is 1. The maximum absolute atomic E-state index is 13.0. The Balaban J connectivity index is 1.96. The third kappa shape index (κ3) is 4.80. The molecule has 0 bridgehead atoms. The fourth-order valence-corrected chi connectivity index (χ4v) is 5.71. The number of piperidine rings is 1. The predicted molar refractivity (Wildman–Crippen MR) is 133 cm³/mol. The Kier molecular flexibility index (Phi) is 7.27. The molecule has 0 aliphatic carbocycles. The van der Waals surface area contributed by atoms with Gasteiger partial charge in [0.2, 0.25) is 0 Å². The average Bonchev–Trinajstić information content (AvgIpc) is 2.59. The largest absolute Gasteiger partial charge is 0.450 e. The Morgan fingerprint density at radius 3 is 2.24 bits per heavy atom. The van der Waals surface area contributed by atoms with Crippen LogP contribution < -0.4 is 5.32 Å². The molecule has 132 valence electrons. The number of hydrogen-bond acceptors (Lipinski definition) is 3. The molecule has 0 saturated carbocycles. The van der Waals surface area contributed by atoms with Crippen LogP contribution in [0.3, 0.4) is 0 Å². The topological polar surface area (TPSA) is 38.3 Å². The summed E-state index contributed by atoms with van der Waals surface area (Å²) in [6.45, 7) is 1.69. The second-order valence-electron chi connectivity index (χ2n) is 5.89. The molecule has 0 spiro atoms. The predicted octanol–water partition coefficient (Wildman–Crippen LogP) is 5.54. The Bertz CT molecular complexity index is 786. The second kappa shape index (κ2) is 8.86. The number of carbonyl (C=O) groups excluding carboxylic acids is 1. The van der Waals surface area contributed by atoms with Crippen LogP contribution in [0.1, 0.15) is 28.8 Å². The SMILES string of the molecule is O=C(OC1(c2ccc(I)cc2)CCNCC1)c1cc(I)cc(I)c1I. The normalized spacial score (nSPS) is 16.5. The van der Waals surface area contributed by atoms with E-state index in [-0.39, 0.29) is 5.97 Å². The lowest BCUT2D eigenvalue weighted by atomic mass is 9.84. The second-order valence-corrected chi connectivity index (χ2v) is 10.6. The monoisotopic (exact) mass is 785 g/mol. The molecule has 2 aromatic carbocycles. The van der Waals surface area contributed by atoms with Crippen molar-refractivity contribution in [3.05, 3.63) is 61.8 Å². The smallest absolute Gasteiger partial charge is 0.340 e. The standard InChI is InChI=1S/C18H15I4NO2/c19-12-3-1-11(2-4-12)18(5-7-23-8-6-18)25-17(24)14-9-13(20)10-15(21)16(14)22/h1-4,9-10,23H,5-8H2. The van der Waals surface area contributed by atoms with E-state index in [4.69, 9.17) is 4.74 Å². The molecule has 0 atom stereocenters. The Hall–Kier alpha value is 0.790. The van der Waals surface area contributed by atoms with Crippen LogP contribution >= 0.6 is 90.4 Å². The summed E-state index contributed by atoms with van der Waals surface area (Å²) in [5, 5.41) is 3.37. The third-order valence-electron chi connectivity index (χ3n) is 4.28. The number of hydrogen-bond donors (Lipinski definition) is 1. The lowest BCUT2D eigenvalue weighted by molar-refractivity contribution is -0.0379. The van der Waals surface area contributed by atoms with Gasteiger partial charge in [-0.25, -0.2) is 4.79 Å². The summed E-state index contributed by atoms with van der Waals surface area (Å²) in [4.78, 5) is 13.0. The van der Waals surface area contributed by atoms with Crippen LogP contribution in [0.25, 0.3) is 0 Å². The van der Waals surface area contributed by atoms with Gasteiger partial charge in [-0.2, -0.15) is 0 Å². The molecule has 3 nitrogen and oxygen atoms in total. The Morgan fingerprint density at radius 2 is 1.60 bits per heavy atom. The van der Waals surface area contributed by atoms with E-state index in [0.717, 1.165) is 42.2 Å². The summed E-state index contributed by atoms with van der Waals surface area (Å²) < 4.78 is 10.4. The van der Waals surface area contributed by atoms with Gasteiger partial charge in [0.1, 0.15) is 5.60 Å². The van der Waals surface area contributed by atoms with Crippen molar-refractivity contribution in [2.75, 3.05) is 13.1 Å². The third-order valence-corrected chi connectivity index (χ3v) is 8.67. The van der Waals surface area contributed by atoms with Gasteiger partial charge < -0.3 is 10.1 Å². The van der Waals surface area contributed by atoms with E-state index in [2.05, 4.69) is 126 Å². The van der Waals surface area contributed by atoms with Crippen molar-refractivity contribution >= 4 is 96.3 Å². The van der Waals surface area contributed by atoms with E-state index in [1.807, 2.05) is 6.07 Å². The highest BCUT2D eigenvalue weighted by Crippen LogP contribution is 2.37. The van der Waals surface area contributed by atoms with Gasteiger partial charge >= 0.3 is 5.97 Å². The van der Waals surface area contributed by atoms with Gasteiger partial charge in [-0.1, -0.05) is 12.1 Å². The minimum absolute atomic E-state index is 0.235. The van der Waals surface area contributed by atoms with Crippen LogP contribution in [0.4, 0.5) is 0 Å². The van der Waals surface area contributed by atoms with Crippen LogP contribution in [0, 0.1) is 14.3 Å². The zero-order valence-corrected chi connectivity index (χ0v) is 21.8. The highest BCUT2D eigenvalue weighted by Gasteiger charge is 2.38. The van der Waals surface area contributed by atoms with Gasteiger partial charge in [-0.3, -0.25) is 0 Å². The highest BCUT2D eigenvalue weighted by atomic mass is 127. The molecule has 1 fully saturated rings. The molecule has 1 N–H and O–H groups in total. The lowest BCUT2D eigenvalue weighted by Gasteiger charge is -2.37. The minimum atomic E-state index is -0.553. The molecule has 25 heavy (non-hydrogen) atoms. The molecule has 1 aliphatic rings. The molecular formula is C18H15I4NO2. The molecule has 0 unspecified atom stereocenters. The zero-order valence-electron chi connectivity index (χ0n) is 13.1. The zero-order chi connectivity index (χ0) is 18.0. The average molecular weight is 785 g/mol. The van der Waals surface area contributed by atoms with Crippen molar-refractivity contribution < 1.29 is 9.53 Å². The van der Waals surface area contributed by atoms with Crippen molar-refractivity contribution in [3.8, 4) is 0 Å². The van der Waals surface area contributed by atoms with Crippen LogP contribution in [0.2, 0.25) is 0 Å². The first-order chi connectivity index (χ1) is 11.9. The molecular weight excluding hydrogens is 770 g/mol. The minimum Gasteiger partial charge on any atom is -0.450 e. The number of rotatable bonds is 3. The molecule has 1 aliphatic heterocycles. The number of halogens is 4. The van der Waals surface area contributed by atoms with Crippen molar-refractivity contribution in [1.29, 1.82) is 0 Å². The first-order valence-electron chi connectivity index (χ1n) is 7.76. The number of benzene rings is 2. The first kappa shape index (κ1) is 20.5. The van der Waals surface area contributed by atoms with Crippen molar-refractivity contribution in [1.82, 2.24) is 5.32 Å². The van der Waals surface area contributed by atoms with Crippen molar-refractivity contribution in [3.63, 3.8) is 0 Å². The molecule has 0 radical (unpaired) electrons. The maximum Gasteiger partial charge on any atom is 0.340 e. The fraction of sp³-hybridized carbons (Fsp3) is 0.278. The molecule has 7 heteroatoms. The maximum atomic E-state index is 13.0. The van der Waals surface area contributed by atoms with Gasteiger partial charge in [0.25, 0.3) is 0 Å². The lowest BCUT2D eigenvalue weighted by Crippen LogP contribution is -2.43. The Labute approximate surface area is 202 Å². The molecule has 1 heterocycles. The number of ether oxygens (including phenoxy) is 1. The van der Waals surface area contributed by atoms with Gasteiger partial charge in [0.15, 0.2) is 0 Å². The van der Waals surface area contributed by atoms with E-state index in [1.54, 1.807) is 0 Å². The highest BCUT2D eigenvalue weighted by molar-refractivity contribution is 14.1. The fourth-order valence-electron chi connectivity index (χ4n) is 2.97. The van der Waals surface area contributed by atoms with Gasteiger partial charge in [0, 0.05) is 27.1 Å². The number of nitrogens with one attached hydrogen (secondary N) is 1. The summed E-state index contributed by atoms with van der Waals surface area (Å²) in [6.07, 6.45) is 1.58. The van der Waals surface area contributed by atoms with Crippen LogP contribution in [-0.2, 0) is 10.3 Å². The van der Waals surface area contributed by atoms with E-state index < -0.39 is 5.60 Å². The van der Waals surface area contributed by atoms with Crippen LogP contribution in [0.15, 0.2) is 36.4 Å². The molecule has 3 rings (SSSR count). The quantitative estimate of drug-likeness (QED) is 0.253. The van der Waals surface area contributed by atoms with E-state index in [9.17, 15) is 4.79 Å². The molecule has 0 amide bonds. The van der Waals surface area contributed by atoms with Crippen molar-refractivity contribution in [2.24, 2.45) is 0 Å². The van der Waals surface area contributed by atoms with Gasteiger partial charge in [-0.05, 0) is 133 Å². The van der Waals surface area contributed by atoms with E-state index in [0.29, 0.717) is 5.56 Å². The van der Waals surface area contributed by atoms with E-state index >= 15 is 0 Å². The molecule has 0 aromatic heterocycles.